The van der Waals surface area contributed by atoms with Gasteiger partial charge in [-0.2, -0.15) is 13.9 Å². The van der Waals surface area contributed by atoms with E-state index in [9.17, 15) is 13.6 Å². The first kappa shape index (κ1) is 21.9. The van der Waals surface area contributed by atoms with Crippen LogP contribution in [0.5, 0.6) is 11.5 Å². The zero-order valence-corrected chi connectivity index (χ0v) is 17.3. The van der Waals surface area contributed by atoms with Crippen LogP contribution < -0.4 is 14.8 Å². The second kappa shape index (κ2) is 9.77. The lowest BCUT2D eigenvalue weighted by atomic mass is 10.2. The van der Waals surface area contributed by atoms with Crippen molar-refractivity contribution in [1.29, 1.82) is 0 Å². The molecular formula is C20H17Cl2F2N3O3. The quantitative estimate of drug-likeness (QED) is 0.487. The molecule has 0 aliphatic carbocycles. The Balaban J connectivity index is 1.73. The van der Waals surface area contributed by atoms with Gasteiger partial charge < -0.3 is 14.8 Å². The van der Waals surface area contributed by atoms with Crippen LogP contribution in [0.2, 0.25) is 10.0 Å². The maximum absolute atomic E-state index is 12.5. The molecule has 1 aromatic heterocycles. The molecule has 1 heterocycles. The van der Waals surface area contributed by atoms with Crippen LogP contribution in [-0.2, 0) is 6.54 Å². The van der Waals surface area contributed by atoms with E-state index in [4.69, 9.17) is 27.9 Å². The molecule has 0 unspecified atom stereocenters. The molecule has 0 atom stereocenters. The molecule has 158 valence electrons. The highest BCUT2D eigenvalue weighted by molar-refractivity contribution is 6.35. The summed E-state index contributed by atoms with van der Waals surface area (Å²) in [7, 11) is 0. The molecule has 6 nitrogen and oxygen atoms in total. The van der Waals surface area contributed by atoms with Gasteiger partial charge in [-0.05, 0) is 37.3 Å². The smallest absolute Gasteiger partial charge is 0.387 e. The SMILES string of the molecule is CCOc1cc(C(=O)Nc2cnn(Cc3c(Cl)cccc3Cl)c2)ccc1OC(F)F. The third kappa shape index (κ3) is 5.40. The number of ether oxygens (including phenoxy) is 2. The molecule has 1 amide bonds. The van der Waals surface area contributed by atoms with Crippen molar-refractivity contribution in [3.63, 3.8) is 0 Å². The van der Waals surface area contributed by atoms with E-state index in [-0.39, 0.29) is 23.7 Å². The Hall–Kier alpha value is -2.84. The summed E-state index contributed by atoms with van der Waals surface area (Å²) in [5, 5.41) is 7.91. The average molecular weight is 456 g/mol. The molecule has 0 bridgehead atoms. The fraction of sp³-hybridized carbons (Fsp3) is 0.200. The highest BCUT2D eigenvalue weighted by atomic mass is 35.5. The standard InChI is InChI=1S/C20H17Cl2F2N3O3/c1-2-29-18-8-12(6-7-17(18)30-20(23)24)19(28)26-13-9-25-27(10-13)11-14-15(21)4-3-5-16(14)22/h3-10,20H,2,11H2,1H3,(H,26,28). The minimum atomic E-state index is -3.00. The van der Waals surface area contributed by atoms with Gasteiger partial charge in [-0.15, -0.1) is 0 Å². The van der Waals surface area contributed by atoms with Crippen molar-refractivity contribution in [2.45, 2.75) is 20.1 Å². The van der Waals surface area contributed by atoms with Crippen molar-refractivity contribution < 1.29 is 23.0 Å². The lowest BCUT2D eigenvalue weighted by Crippen LogP contribution is -2.12. The lowest BCUT2D eigenvalue weighted by Gasteiger charge is -2.12. The molecule has 1 N–H and O–H groups in total. The minimum absolute atomic E-state index is 0.0505. The fourth-order valence-electron chi connectivity index (χ4n) is 2.67. The van der Waals surface area contributed by atoms with Crippen LogP contribution in [0, 0.1) is 0 Å². The number of rotatable bonds is 8. The van der Waals surface area contributed by atoms with Crippen molar-refractivity contribution in [3.8, 4) is 11.5 Å². The number of nitrogens with zero attached hydrogens (tertiary/aromatic N) is 2. The van der Waals surface area contributed by atoms with E-state index >= 15 is 0 Å². The summed E-state index contributed by atoms with van der Waals surface area (Å²) in [6.45, 7) is -0.760. The van der Waals surface area contributed by atoms with E-state index < -0.39 is 12.5 Å². The summed E-state index contributed by atoms with van der Waals surface area (Å²) < 4.78 is 36.3. The Kier molecular flexibility index (Phi) is 7.12. The summed E-state index contributed by atoms with van der Waals surface area (Å²) in [4.78, 5) is 12.5. The van der Waals surface area contributed by atoms with Crippen LogP contribution in [0.3, 0.4) is 0 Å². The normalized spacial score (nSPS) is 10.9. The first-order valence-corrected chi connectivity index (χ1v) is 9.61. The zero-order valence-electron chi connectivity index (χ0n) is 15.7. The van der Waals surface area contributed by atoms with Crippen LogP contribution in [0.25, 0.3) is 0 Å². The molecule has 0 aliphatic rings. The first-order chi connectivity index (χ1) is 14.4. The van der Waals surface area contributed by atoms with E-state index in [1.165, 1.54) is 24.4 Å². The van der Waals surface area contributed by atoms with Gasteiger partial charge in [-0.1, -0.05) is 29.3 Å². The van der Waals surface area contributed by atoms with E-state index in [1.807, 2.05) is 0 Å². The Morgan fingerprint density at radius 2 is 1.93 bits per heavy atom. The second-order valence-corrected chi connectivity index (χ2v) is 6.87. The fourth-order valence-corrected chi connectivity index (χ4v) is 3.19. The highest BCUT2D eigenvalue weighted by Gasteiger charge is 2.15. The number of benzene rings is 2. The minimum Gasteiger partial charge on any atom is -0.490 e. The lowest BCUT2D eigenvalue weighted by molar-refractivity contribution is -0.0514. The average Bonchev–Trinajstić information content (AvgIpc) is 3.13. The summed E-state index contributed by atoms with van der Waals surface area (Å²) in [6, 6.07) is 9.17. The molecule has 10 heteroatoms. The number of anilines is 1. The van der Waals surface area contributed by atoms with Crippen LogP contribution in [-0.4, -0.2) is 28.9 Å². The van der Waals surface area contributed by atoms with Crippen molar-refractivity contribution >= 4 is 34.8 Å². The van der Waals surface area contributed by atoms with Crippen LogP contribution in [0.1, 0.15) is 22.8 Å². The topological polar surface area (TPSA) is 65.4 Å². The predicted molar refractivity (Wildman–Crippen MR) is 110 cm³/mol. The van der Waals surface area contributed by atoms with Crippen LogP contribution in [0.15, 0.2) is 48.8 Å². The molecule has 0 spiro atoms. The number of carbonyl (C=O) groups excluding carboxylic acids is 1. The zero-order chi connectivity index (χ0) is 21.7. The maximum atomic E-state index is 12.5. The number of nitrogens with one attached hydrogen (secondary N) is 1. The number of halogens is 4. The predicted octanol–water partition coefficient (Wildman–Crippen LogP) is 5.49. The largest absolute Gasteiger partial charge is 0.490 e. The third-order valence-corrected chi connectivity index (χ3v) is 4.70. The van der Waals surface area contributed by atoms with Gasteiger partial charge in [0.1, 0.15) is 0 Å². The number of alkyl halides is 2. The molecule has 2 aromatic carbocycles. The van der Waals surface area contributed by atoms with E-state index in [2.05, 4.69) is 15.2 Å². The number of aromatic nitrogens is 2. The molecule has 0 saturated heterocycles. The highest BCUT2D eigenvalue weighted by Crippen LogP contribution is 2.30. The Bertz CT molecular complexity index is 1020. The molecule has 3 rings (SSSR count). The van der Waals surface area contributed by atoms with Gasteiger partial charge in [-0.3, -0.25) is 9.48 Å². The molecule has 0 saturated carbocycles. The summed E-state index contributed by atoms with van der Waals surface area (Å²) in [5.41, 5.74) is 1.36. The molecule has 3 aromatic rings. The van der Waals surface area contributed by atoms with Crippen molar-refractivity contribution in [1.82, 2.24) is 9.78 Å². The third-order valence-electron chi connectivity index (χ3n) is 3.99. The Morgan fingerprint density at radius 3 is 2.60 bits per heavy atom. The van der Waals surface area contributed by atoms with E-state index in [1.54, 1.807) is 36.0 Å². The molecule has 30 heavy (non-hydrogen) atoms. The summed E-state index contributed by atoms with van der Waals surface area (Å²) in [6.07, 6.45) is 3.09. The summed E-state index contributed by atoms with van der Waals surface area (Å²) in [5.74, 6) is -0.558. The summed E-state index contributed by atoms with van der Waals surface area (Å²) >= 11 is 12.3. The Morgan fingerprint density at radius 1 is 1.20 bits per heavy atom. The second-order valence-electron chi connectivity index (χ2n) is 6.05. The van der Waals surface area contributed by atoms with E-state index in [0.717, 1.165) is 0 Å². The van der Waals surface area contributed by atoms with Gasteiger partial charge in [0.2, 0.25) is 0 Å². The van der Waals surface area contributed by atoms with Gasteiger partial charge in [0.05, 0.1) is 25.0 Å². The van der Waals surface area contributed by atoms with Gasteiger partial charge in [0.25, 0.3) is 5.91 Å². The molecular weight excluding hydrogens is 439 g/mol. The van der Waals surface area contributed by atoms with Gasteiger partial charge in [-0.25, -0.2) is 0 Å². The van der Waals surface area contributed by atoms with Gasteiger partial charge >= 0.3 is 6.61 Å². The number of carbonyl (C=O) groups is 1. The molecule has 0 fully saturated rings. The molecule has 0 radical (unpaired) electrons. The number of amides is 1. The molecule has 0 aliphatic heterocycles. The van der Waals surface area contributed by atoms with E-state index in [0.29, 0.717) is 27.8 Å². The van der Waals surface area contributed by atoms with Crippen molar-refractivity contribution in [2.24, 2.45) is 0 Å². The van der Waals surface area contributed by atoms with Crippen molar-refractivity contribution in [2.75, 3.05) is 11.9 Å². The number of hydrogen-bond acceptors (Lipinski definition) is 4. The van der Waals surface area contributed by atoms with Gasteiger partial charge in [0.15, 0.2) is 11.5 Å². The number of hydrogen-bond donors (Lipinski definition) is 1. The monoisotopic (exact) mass is 455 g/mol. The Labute approximate surface area is 181 Å². The first-order valence-electron chi connectivity index (χ1n) is 8.85. The van der Waals surface area contributed by atoms with Crippen molar-refractivity contribution in [3.05, 3.63) is 70.0 Å². The van der Waals surface area contributed by atoms with Crippen LogP contribution in [0.4, 0.5) is 14.5 Å². The maximum Gasteiger partial charge on any atom is 0.387 e. The van der Waals surface area contributed by atoms with Gasteiger partial charge in [0, 0.05) is 27.4 Å². The van der Waals surface area contributed by atoms with Crippen LogP contribution >= 0.6 is 23.2 Å².